The van der Waals surface area contributed by atoms with E-state index in [-0.39, 0.29) is 37.5 Å². The molecule has 3 saturated heterocycles. The van der Waals surface area contributed by atoms with Crippen LogP contribution in [0.2, 0.25) is 0 Å². The fraction of sp³-hybridized carbons (Fsp3) is 0.333. The highest BCUT2D eigenvalue weighted by Crippen LogP contribution is 2.46. The van der Waals surface area contributed by atoms with Crippen molar-refractivity contribution >= 4 is 29.9 Å². The number of hydrogen-bond donors (Lipinski definition) is 1. The van der Waals surface area contributed by atoms with E-state index in [1.165, 1.54) is 27.5 Å². The third-order valence-electron chi connectivity index (χ3n) is 11.3. The van der Waals surface area contributed by atoms with Gasteiger partial charge in [0.15, 0.2) is 0 Å². The second kappa shape index (κ2) is 17.7. The summed E-state index contributed by atoms with van der Waals surface area (Å²) >= 11 is 0. The predicted molar refractivity (Wildman–Crippen MR) is 212 cm³/mol. The minimum atomic E-state index is -4.57. The molecule has 1 unspecified atom stereocenters. The molecular formula is C45H46F3N5O5. The summed E-state index contributed by atoms with van der Waals surface area (Å²) in [6.07, 6.45) is -2.83. The third kappa shape index (κ3) is 8.79. The van der Waals surface area contributed by atoms with Crippen LogP contribution >= 0.6 is 0 Å². The van der Waals surface area contributed by atoms with Gasteiger partial charge in [0.25, 0.3) is 0 Å². The van der Waals surface area contributed by atoms with E-state index in [1.54, 1.807) is 17.0 Å². The summed E-state index contributed by atoms with van der Waals surface area (Å²) in [5, 5.41) is 2.76. The van der Waals surface area contributed by atoms with E-state index in [2.05, 4.69) is 28.9 Å². The summed E-state index contributed by atoms with van der Waals surface area (Å²) in [4.78, 5) is 63.1. The standard InChI is InChI=1S/C45H46F3N5O5/c1-2-33-15-9-10-19-36(33)40-41(53-38(30-58-44(53)57)34-16-7-4-8-17-34)43(56)52(40)37(42(55)49-29-32-14-11-18-35(28-32)45(46,47)48)20-21-39(54)51-26-24-50(25-27-51)23-22-31-12-5-3-6-13-31/h2-19,28,37-38,40-41H,1,20-27,29-30H2,(H,49,55)/t37?,38-,40-,41+/m1/s1. The van der Waals surface area contributed by atoms with Crippen LogP contribution in [0.1, 0.15) is 58.3 Å². The van der Waals surface area contributed by atoms with Crippen LogP contribution in [0, 0.1) is 0 Å². The minimum absolute atomic E-state index is 0.0252. The Labute approximate surface area is 335 Å². The van der Waals surface area contributed by atoms with Gasteiger partial charge in [0.1, 0.15) is 18.7 Å². The number of amides is 4. The van der Waals surface area contributed by atoms with E-state index >= 15 is 0 Å². The average Bonchev–Trinajstić information content (AvgIpc) is 3.62. The summed E-state index contributed by atoms with van der Waals surface area (Å²) in [5.74, 6) is -1.31. The lowest BCUT2D eigenvalue weighted by Gasteiger charge is -2.54. The lowest BCUT2D eigenvalue weighted by Crippen LogP contribution is -2.70. The maximum atomic E-state index is 14.6. The third-order valence-corrected chi connectivity index (χ3v) is 11.3. The quantitative estimate of drug-likeness (QED) is 0.144. The molecule has 7 rings (SSSR count). The Morgan fingerprint density at radius 1 is 0.845 bits per heavy atom. The van der Waals surface area contributed by atoms with Crippen LogP contribution in [-0.4, -0.2) is 94.8 Å². The molecule has 0 saturated carbocycles. The van der Waals surface area contributed by atoms with Crippen LogP contribution < -0.4 is 5.32 Å². The molecule has 4 atom stereocenters. The maximum absolute atomic E-state index is 14.6. The van der Waals surface area contributed by atoms with Crippen molar-refractivity contribution in [2.75, 3.05) is 39.3 Å². The first kappa shape index (κ1) is 40.3. The van der Waals surface area contributed by atoms with Gasteiger partial charge in [-0.1, -0.05) is 110 Å². The smallest absolute Gasteiger partial charge is 0.416 e. The van der Waals surface area contributed by atoms with Crippen molar-refractivity contribution in [3.05, 3.63) is 149 Å². The molecule has 3 heterocycles. The first-order valence-corrected chi connectivity index (χ1v) is 19.5. The molecule has 3 fully saturated rings. The largest absolute Gasteiger partial charge is 0.447 e. The van der Waals surface area contributed by atoms with Crippen molar-refractivity contribution < 1.29 is 37.1 Å². The molecule has 10 nitrogen and oxygen atoms in total. The SMILES string of the molecule is C=Cc1ccccc1[C@@H]1[C@H](N2C(=O)OC[C@@H]2c2ccccc2)C(=O)N1C(CCC(=O)N1CCN(CCc2ccccc2)CC1)C(=O)NCc1cccc(C(F)(F)F)c1. The van der Waals surface area contributed by atoms with Gasteiger partial charge in [-0.05, 0) is 52.8 Å². The molecule has 1 N–H and O–H groups in total. The van der Waals surface area contributed by atoms with Crippen molar-refractivity contribution in [3.63, 3.8) is 0 Å². The van der Waals surface area contributed by atoms with Gasteiger partial charge in [-0.2, -0.15) is 13.2 Å². The van der Waals surface area contributed by atoms with Crippen LogP contribution in [0.5, 0.6) is 0 Å². The Balaban J connectivity index is 1.14. The van der Waals surface area contributed by atoms with Crippen molar-refractivity contribution in [1.29, 1.82) is 0 Å². The average molecular weight is 794 g/mol. The normalized spacial score (nSPS) is 20.3. The Hall–Kier alpha value is -5.95. The van der Waals surface area contributed by atoms with Crippen LogP contribution in [0.25, 0.3) is 6.08 Å². The molecule has 0 aromatic heterocycles. The fourth-order valence-electron chi connectivity index (χ4n) is 8.20. The van der Waals surface area contributed by atoms with Gasteiger partial charge in [0.2, 0.25) is 17.7 Å². The van der Waals surface area contributed by atoms with Gasteiger partial charge in [0, 0.05) is 45.7 Å². The van der Waals surface area contributed by atoms with Crippen LogP contribution in [0.4, 0.5) is 18.0 Å². The molecule has 0 radical (unpaired) electrons. The number of carbonyl (C=O) groups excluding carboxylic acids is 4. The van der Waals surface area contributed by atoms with E-state index in [1.807, 2.05) is 66.7 Å². The lowest BCUT2D eigenvalue weighted by molar-refractivity contribution is -0.168. The zero-order valence-corrected chi connectivity index (χ0v) is 32.0. The molecule has 4 aromatic rings. The van der Waals surface area contributed by atoms with Crippen molar-refractivity contribution in [1.82, 2.24) is 24.9 Å². The number of ether oxygens (including phenoxy) is 1. The first-order chi connectivity index (χ1) is 28.0. The Morgan fingerprint density at radius 2 is 1.52 bits per heavy atom. The first-order valence-electron chi connectivity index (χ1n) is 19.5. The predicted octanol–water partition coefficient (Wildman–Crippen LogP) is 6.65. The summed E-state index contributed by atoms with van der Waals surface area (Å²) in [6.45, 7) is 7.02. The van der Waals surface area contributed by atoms with Gasteiger partial charge < -0.3 is 19.9 Å². The molecule has 3 aliphatic heterocycles. The molecule has 302 valence electrons. The summed E-state index contributed by atoms with van der Waals surface area (Å²) in [5.41, 5.74) is 2.71. The van der Waals surface area contributed by atoms with E-state index in [9.17, 15) is 32.3 Å². The zero-order valence-electron chi connectivity index (χ0n) is 32.0. The number of alkyl halides is 3. The Bertz CT molecular complexity index is 2110. The maximum Gasteiger partial charge on any atom is 0.416 e. The number of carbonyl (C=O) groups is 4. The highest BCUT2D eigenvalue weighted by molar-refractivity contribution is 5.98. The van der Waals surface area contributed by atoms with Crippen molar-refractivity contribution in [3.8, 4) is 0 Å². The summed E-state index contributed by atoms with van der Waals surface area (Å²) in [6, 6.07) is 27.7. The van der Waals surface area contributed by atoms with E-state index in [0.29, 0.717) is 37.3 Å². The summed E-state index contributed by atoms with van der Waals surface area (Å²) in [7, 11) is 0. The van der Waals surface area contributed by atoms with E-state index in [4.69, 9.17) is 4.74 Å². The number of nitrogens with zero attached hydrogens (tertiary/aromatic N) is 4. The second-order valence-electron chi connectivity index (χ2n) is 14.8. The molecule has 13 heteroatoms. The fourth-order valence-corrected chi connectivity index (χ4v) is 8.20. The number of nitrogens with one attached hydrogen (secondary N) is 1. The number of cyclic esters (lactones) is 1. The molecule has 4 aromatic carbocycles. The molecule has 58 heavy (non-hydrogen) atoms. The number of β-lactam (4-membered cyclic amide) rings is 1. The minimum Gasteiger partial charge on any atom is -0.447 e. The van der Waals surface area contributed by atoms with Gasteiger partial charge in [-0.25, -0.2) is 4.79 Å². The Kier molecular flexibility index (Phi) is 12.3. The van der Waals surface area contributed by atoms with E-state index < -0.39 is 53.8 Å². The van der Waals surface area contributed by atoms with Crippen LogP contribution in [-0.2, 0) is 38.3 Å². The number of rotatable bonds is 14. The zero-order chi connectivity index (χ0) is 40.8. The summed E-state index contributed by atoms with van der Waals surface area (Å²) < 4.78 is 46.1. The van der Waals surface area contributed by atoms with Crippen LogP contribution in [0.3, 0.4) is 0 Å². The molecule has 0 bridgehead atoms. The molecule has 0 spiro atoms. The highest BCUT2D eigenvalue weighted by Gasteiger charge is 2.59. The van der Waals surface area contributed by atoms with E-state index in [0.717, 1.165) is 30.7 Å². The van der Waals surface area contributed by atoms with Crippen molar-refractivity contribution in [2.45, 2.75) is 56.2 Å². The van der Waals surface area contributed by atoms with Crippen molar-refractivity contribution in [2.24, 2.45) is 0 Å². The number of halogens is 3. The number of hydrogen-bond acceptors (Lipinski definition) is 6. The number of likely N-dealkylation sites (tertiary alicyclic amines) is 1. The molecule has 0 aliphatic carbocycles. The van der Waals surface area contributed by atoms with Gasteiger partial charge >= 0.3 is 12.3 Å². The number of benzene rings is 4. The lowest BCUT2D eigenvalue weighted by atomic mass is 9.81. The Morgan fingerprint density at radius 3 is 2.22 bits per heavy atom. The molecular weight excluding hydrogens is 748 g/mol. The van der Waals surface area contributed by atoms with Gasteiger partial charge in [-0.15, -0.1) is 0 Å². The van der Waals surface area contributed by atoms with Crippen LogP contribution in [0.15, 0.2) is 116 Å². The number of piperazine rings is 1. The van der Waals surface area contributed by atoms with Gasteiger partial charge in [0.05, 0.1) is 17.6 Å². The second-order valence-corrected chi connectivity index (χ2v) is 14.8. The molecule has 3 aliphatic rings. The monoisotopic (exact) mass is 793 g/mol. The topological polar surface area (TPSA) is 102 Å². The van der Waals surface area contributed by atoms with Gasteiger partial charge in [-0.3, -0.25) is 24.2 Å². The highest BCUT2D eigenvalue weighted by atomic mass is 19.4. The molecule has 4 amide bonds.